The molecule has 0 aromatic carbocycles. The Labute approximate surface area is 183 Å². The molecule has 0 amide bonds. The molecule has 168 valence electrons. The highest BCUT2D eigenvalue weighted by atomic mass is 16.3. The summed E-state index contributed by atoms with van der Waals surface area (Å²) in [5.74, 6) is 4.50. The van der Waals surface area contributed by atoms with Gasteiger partial charge >= 0.3 is 0 Å². The molecule has 0 bridgehead atoms. The Morgan fingerprint density at radius 3 is 2.63 bits per heavy atom. The van der Waals surface area contributed by atoms with Crippen LogP contribution in [0.1, 0.15) is 79.1 Å². The van der Waals surface area contributed by atoms with E-state index in [1.54, 1.807) is 5.57 Å². The minimum atomic E-state index is -0.125. The Morgan fingerprint density at radius 1 is 1.03 bits per heavy atom. The van der Waals surface area contributed by atoms with Gasteiger partial charge in [-0.1, -0.05) is 39.3 Å². The first-order chi connectivity index (χ1) is 14.2. The van der Waals surface area contributed by atoms with Gasteiger partial charge in [-0.3, -0.25) is 4.90 Å². The lowest BCUT2D eigenvalue weighted by Gasteiger charge is -2.58. The Balaban J connectivity index is 1.33. The van der Waals surface area contributed by atoms with Gasteiger partial charge in [0.25, 0.3) is 0 Å². The van der Waals surface area contributed by atoms with Gasteiger partial charge in [-0.25, -0.2) is 0 Å². The van der Waals surface area contributed by atoms with Gasteiger partial charge in [0.15, 0.2) is 0 Å². The molecule has 6 aliphatic rings. The number of allylic oxidation sites excluding steroid dienone is 1. The topological polar surface area (TPSA) is 43.7 Å². The van der Waals surface area contributed by atoms with Gasteiger partial charge in [0.05, 0.1) is 12.2 Å². The Morgan fingerprint density at radius 2 is 1.83 bits per heavy atom. The first-order valence-corrected chi connectivity index (χ1v) is 13.1. The first kappa shape index (κ1) is 20.2. The molecular weight excluding hydrogens is 370 g/mol. The van der Waals surface area contributed by atoms with Gasteiger partial charge in [0, 0.05) is 18.6 Å². The minimum Gasteiger partial charge on any atom is -0.393 e. The van der Waals surface area contributed by atoms with Crippen molar-refractivity contribution in [2.24, 2.45) is 46.3 Å². The van der Waals surface area contributed by atoms with Crippen molar-refractivity contribution in [3.63, 3.8) is 0 Å². The summed E-state index contributed by atoms with van der Waals surface area (Å²) < 4.78 is 0. The van der Waals surface area contributed by atoms with Gasteiger partial charge in [0.2, 0.25) is 0 Å². The summed E-state index contributed by atoms with van der Waals surface area (Å²) in [6, 6.07) is 1.10. The van der Waals surface area contributed by atoms with E-state index >= 15 is 0 Å². The van der Waals surface area contributed by atoms with E-state index in [-0.39, 0.29) is 12.2 Å². The van der Waals surface area contributed by atoms with Gasteiger partial charge in [0.1, 0.15) is 0 Å². The van der Waals surface area contributed by atoms with Crippen molar-refractivity contribution in [3.8, 4) is 0 Å². The second-order valence-corrected chi connectivity index (χ2v) is 13.0. The molecular formula is C27H43NO2. The molecule has 12 unspecified atom stereocenters. The fourth-order valence-corrected chi connectivity index (χ4v) is 10.5. The van der Waals surface area contributed by atoms with Crippen molar-refractivity contribution in [1.29, 1.82) is 0 Å². The fourth-order valence-electron chi connectivity index (χ4n) is 10.5. The maximum absolute atomic E-state index is 11.0. The Bertz CT molecular complexity index is 749. The third kappa shape index (κ3) is 2.49. The van der Waals surface area contributed by atoms with Crippen molar-refractivity contribution in [2.45, 2.75) is 103 Å². The second-order valence-electron chi connectivity index (χ2n) is 13.0. The van der Waals surface area contributed by atoms with Crippen LogP contribution in [0.5, 0.6) is 0 Å². The highest BCUT2D eigenvalue weighted by Gasteiger charge is 2.67. The third-order valence-corrected chi connectivity index (χ3v) is 11.7. The van der Waals surface area contributed by atoms with Crippen LogP contribution in [0.4, 0.5) is 0 Å². The molecule has 0 radical (unpaired) electrons. The molecule has 5 fully saturated rings. The predicted molar refractivity (Wildman–Crippen MR) is 120 cm³/mol. The standard InChI is InChI=1S/C27H43NO2/c1-15-11-23(30)25-16(2)24-22(28(25)14-15)13-21-19-6-5-17-12-18(29)7-9-26(17,3)20(19)8-10-27(21,24)4/h5,15-16,18-25,29-30H,6-14H2,1-4H3. The predicted octanol–water partition coefficient (Wildman–Crippen LogP) is 4.63. The summed E-state index contributed by atoms with van der Waals surface area (Å²) in [5, 5.41) is 21.2. The van der Waals surface area contributed by atoms with Crippen LogP contribution in [0.3, 0.4) is 0 Å². The summed E-state index contributed by atoms with van der Waals surface area (Å²) in [5.41, 5.74) is 2.37. The van der Waals surface area contributed by atoms with Crippen LogP contribution in [0, 0.1) is 46.3 Å². The molecule has 0 aromatic heterocycles. The van der Waals surface area contributed by atoms with Crippen LogP contribution in [0.2, 0.25) is 0 Å². The smallest absolute Gasteiger partial charge is 0.0701 e. The van der Waals surface area contributed by atoms with Crippen LogP contribution in [-0.4, -0.2) is 45.9 Å². The zero-order valence-electron chi connectivity index (χ0n) is 19.6. The lowest BCUT2D eigenvalue weighted by atomic mass is 9.47. The normalized spacial score (nSPS) is 60.1. The van der Waals surface area contributed by atoms with E-state index in [0.29, 0.717) is 34.7 Å². The molecule has 3 nitrogen and oxygen atoms in total. The maximum Gasteiger partial charge on any atom is 0.0701 e. The summed E-state index contributed by atoms with van der Waals surface area (Å²) >= 11 is 0. The van der Waals surface area contributed by atoms with Gasteiger partial charge in [-0.05, 0) is 97.7 Å². The molecule has 0 aromatic rings. The molecule has 2 N–H and O–H groups in total. The average molecular weight is 414 g/mol. The number of fused-ring (bicyclic) bond motifs is 9. The van der Waals surface area contributed by atoms with Crippen LogP contribution in [-0.2, 0) is 0 Å². The average Bonchev–Trinajstić information content (AvgIpc) is 3.15. The van der Waals surface area contributed by atoms with Crippen LogP contribution < -0.4 is 0 Å². The van der Waals surface area contributed by atoms with E-state index in [9.17, 15) is 10.2 Å². The monoisotopic (exact) mass is 413 g/mol. The minimum absolute atomic E-state index is 0.106. The zero-order valence-corrected chi connectivity index (χ0v) is 19.6. The lowest BCUT2D eigenvalue weighted by Crippen LogP contribution is -2.53. The quantitative estimate of drug-likeness (QED) is 0.569. The van der Waals surface area contributed by atoms with Gasteiger partial charge in [-0.2, -0.15) is 0 Å². The largest absolute Gasteiger partial charge is 0.393 e. The summed E-state index contributed by atoms with van der Waals surface area (Å²) in [4.78, 5) is 2.79. The van der Waals surface area contributed by atoms with Gasteiger partial charge in [-0.15, -0.1) is 0 Å². The summed E-state index contributed by atoms with van der Waals surface area (Å²) in [6.07, 6.45) is 11.8. The fraction of sp³-hybridized carbons (Fsp3) is 0.926. The van der Waals surface area contributed by atoms with Crippen LogP contribution in [0.15, 0.2) is 11.6 Å². The van der Waals surface area contributed by atoms with Crippen molar-refractivity contribution < 1.29 is 10.2 Å². The van der Waals surface area contributed by atoms with Crippen molar-refractivity contribution >= 4 is 0 Å². The number of rotatable bonds is 0. The number of nitrogens with zero attached hydrogens (tertiary/aromatic N) is 1. The number of hydrogen-bond donors (Lipinski definition) is 2. The molecule has 3 saturated carbocycles. The van der Waals surface area contributed by atoms with Crippen LogP contribution in [0.25, 0.3) is 0 Å². The van der Waals surface area contributed by atoms with Crippen molar-refractivity contribution in [2.75, 3.05) is 6.54 Å². The number of aliphatic hydroxyl groups is 2. The molecule has 4 aliphatic carbocycles. The first-order valence-electron chi connectivity index (χ1n) is 13.1. The lowest BCUT2D eigenvalue weighted by molar-refractivity contribution is -0.0650. The summed E-state index contributed by atoms with van der Waals surface area (Å²) in [7, 11) is 0. The van der Waals surface area contributed by atoms with E-state index in [0.717, 1.165) is 42.9 Å². The van der Waals surface area contributed by atoms with E-state index in [2.05, 4.69) is 38.7 Å². The van der Waals surface area contributed by atoms with Crippen molar-refractivity contribution in [3.05, 3.63) is 11.6 Å². The van der Waals surface area contributed by atoms with E-state index < -0.39 is 0 Å². The number of hydrogen-bond acceptors (Lipinski definition) is 3. The molecule has 30 heavy (non-hydrogen) atoms. The van der Waals surface area contributed by atoms with E-state index in [1.807, 2.05) is 0 Å². The van der Waals surface area contributed by atoms with Crippen molar-refractivity contribution in [1.82, 2.24) is 4.90 Å². The molecule has 6 rings (SSSR count). The highest BCUT2D eigenvalue weighted by molar-refractivity contribution is 5.27. The molecule has 2 aliphatic heterocycles. The molecule has 12 atom stereocenters. The van der Waals surface area contributed by atoms with E-state index in [1.165, 1.54) is 38.6 Å². The Hall–Kier alpha value is -0.380. The third-order valence-electron chi connectivity index (χ3n) is 11.7. The number of piperidine rings is 1. The summed E-state index contributed by atoms with van der Waals surface area (Å²) in [6.45, 7) is 11.2. The molecule has 2 heterocycles. The SMILES string of the molecule is CC1CC(O)C2C(C)C3C(CC4C5CC=C6CC(O)CCC6(C)C5CCC43C)N2C1. The molecule has 3 heteroatoms. The van der Waals surface area contributed by atoms with E-state index in [4.69, 9.17) is 0 Å². The van der Waals surface area contributed by atoms with Gasteiger partial charge < -0.3 is 10.2 Å². The Kier molecular flexibility index (Phi) is 4.44. The zero-order chi connectivity index (χ0) is 21.0. The number of aliphatic hydroxyl groups excluding tert-OH is 2. The van der Waals surface area contributed by atoms with Crippen LogP contribution >= 0.6 is 0 Å². The molecule has 2 saturated heterocycles. The maximum atomic E-state index is 11.0. The highest BCUT2D eigenvalue weighted by Crippen LogP contribution is 2.69. The molecule has 0 spiro atoms. The second kappa shape index (κ2) is 6.58.